The minimum absolute atomic E-state index is 0.107. The predicted octanol–water partition coefficient (Wildman–Crippen LogP) is 0.345. The van der Waals surface area contributed by atoms with Crippen molar-refractivity contribution in [3.63, 3.8) is 0 Å². The van der Waals surface area contributed by atoms with Crippen molar-refractivity contribution in [2.24, 2.45) is 0 Å². The number of nitrogen functional groups attached to an aromatic ring is 1. The third-order valence-electron chi connectivity index (χ3n) is 2.23. The van der Waals surface area contributed by atoms with Gasteiger partial charge in [-0.1, -0.05) is 0 Å². The number of anilines is 2. The number of hydrogen-bond acceptors (Lipinski definition) is 7. The molecule has 9 nitrogen and oxygen atoms in total. The van der Waals surface area contributed by atoms with Gasteiger partial charge in [-0.2, -0.15) is 5.10 Å². The summed E-state index contributed by atoms with van der Waals surface area (Å²) < 4.78 is 0. The van der Waals surface area contributed by atoms with E-state index in [1.165, 1.54) is 18.5 Å². The first-order valence-electron chi connectivity index (χ1n) is 5.16. The highest BCUT2D eigenvalue weighted by Gasteiger charge is 2.12. The molecule has 0 bridgehead atoms. The minimum atomic E-state index is -0.569. The number of nitro groups is 1. The van der Waals surface area contributed by atoms with Gasteiger partial charge in [0, 0.05) is 19.0 Å². The van der Waals surface area contributed by atoms with E-state index in [2.05, 4.69) is 25.5 Å². The molecule has 2 heterocycles. The van der Waals surface area contributed by atoms with Gasteiger partial charge in [-0.3, -0.25) is 15.2 Å². The molecule has 0 aliphatic carbocycles. The molecule has 0 fully saturated rings. The second kappa shape index (κ2) is 5.08. The summed E-state index contributed by atoms with van der Waals surface area (Å²) in [7, 11) is 0. The van der Waals surface area contributed by atoms with E-state index < -0.39 is 4.92 Å². The summed E-state index contributed by atoms with van der Waals surface area (Å²) in [5.74, 6) is 1.12. The summed E-state index contributed by atoms with van der Waals surface area (Å²) in [6, 6.07) is 2.83. The van der Waals surface area contributed by atoms with Gasteiger partial charge >= 0.3 is 5.69 Å². The Kier molecular flexibility index (Phi) is 3.32. The Morgan fingerprint density at radius 2 is 2.33 bits per heavy atom. The lowest BCUT2D eigenvalue weighted by Gasteiger charge is -2.04. The van der Waals surface area contributed by atoms with Crippen LogP contribution in [0, 0.1) is 10.1 Å². The van der Waals surface area contributed by atoms with Crippen molar-refractivity contribution in [3.8, 4) is 0 Å². The van der Waals surface area contributed by atoms with Crippen molar-refractivity contribution in [1.82, 2.24) is 20.2 Å². The summed E-state index contributed by atoms with van der Waals surface area (Å²) in [5, 5.41) is 20.0. The van der Waals surface area contributed by atoms with Crippen LogP contribution in [0.2, 0.25) is 0 Å². The first kappa shape index (κ1) is 11.8. The standard InChI is InChI=1S/C9H11N7O2/c10-9-6(16(17)18)1-2-7(14-9)11-4-3-8-12-5-13-15-8/h1-2,5H,3-4H2,(H3,10,11,14)(H,12,13,15). The van der Waals surface area contributed by atoms with Gasteiger partial charge in [-0.15, -0.1) is 0 Å². The Morgan fingerprint density at radius 3 is 2.94 bits per heavy atom. The average Bonchev–Trinajstić information content (AvgIpc) is 2.81. The molecule has 2 aromatic rings. The molecule has 0 aliphatic heterocycles. The molecule has 4 N–H and O–H groups in total. The predicted molar refractivity (Wildman–Crippen MR) is 63.9 cm³/mol. The van der Waals surface area contributed by atoms with Gasteiger partial charge in [0.25, 0.3) is 0 Å². The van der Waals surface area contributed by atoms with Crippen LogP contribution in [-0.2, 0) is 6.42 Å². The van der Waals surface area contributed by atoms with Crippen molar-refractivity contribution in [2.45, 2.75) is 6.42 Å². The van der Waals surface area contributed by atoms with Crippen LogP contribution >= 0.6 is 0 Å². The van der Waals surface area contributed by atoms with Crippen molar-refractivity contribution >= 4 is 17.3 Å². The van der Waals surface area contributed by atoms with Crippen LogP contribution in [0.1, 0.15) is 5.82 Å². The van der Waals surface area contributed by atoms with E-state index in [4.69, 9.17) is 5.73 Å². The molecule has 2 aromatic heterocycles. The van der Waals surface area contributed by atoms with Crippen molar-refractivity contribution in [3.05, 3.63) is 34.4 Å². The highest BCUT2D eigenvalue weighted by Crippen LogP contribution is 2.20. The molecule has 0 amide bonds. The fourth-order valence-electron chi connectivity index (χ4n) is 1.38. The Morgan fingerprint density at radius 1 is 1.50 bits per heavy atom. The quantitative estimate of drug-likeness (QED) is 0.513. The molecule has 18 heavy (non-hydrogen) atoms. The first-order valence-corrected chi connectivity index (χ1v) is 5.16. The summed E-state index contributed by atoms with van der Waals surface area (Å²) >= 11 is 0. The van der Waals surface area contributed by atoms with Gasteiger partial charge in [0.1, 0.15) is 18.0 Å². The number of nitrogens with two attached hydrogens (primary N) is 1. The largest absolute Gasteiger partial charge is 0.378 e. The Hall–Kier alpha value is -2.71. The van der Waals surface area contributed by atoms with E-state index in [-0.39, 0.29) is 11.5 Å². The van der Waals surface area contributed by atoms with Gasteiger partial charge in [-0.05, 0) is 6.07 Å². The van der Waals surface area contributed by atoms with Crippen LogP contribution in [0.4, 0.5) is 17.3 Å². The van der Waals surface area contributed by atoms with E-state index in [0.29, 0.717) is 18.8 Å². The maximum absolute atomic E-state index is 10.5. The molecule has 0 atom stereocenters. The third-order valence-corrected chi connectivity index (χ3v) is 2.23. The lowest BCUT2D eigenvalue weighted by atomic mass is 10.3. The second-order valence-electron chi connectivity index (χ2n) is 3.47. The molecule has 0 aromatic carbocycles. The molecule has 0 saturated carbocycles. The first-order chi connectivity index (χ1) is 8.66. The number of aromatic amines is 1. The lowest BCUT2D eigenvalue weighted by Crippen LogP contribution is -2.08. The zero-order valence-electron chi connectivity index (χ0n) is 9.33. The van der Waals surface area contributed by atoms with Gasteiger partial charge in [0.05, 0.1) is 4.92 Å². The number of nitrogens with zero attached hydrogens (tertiary/aromatic N) is 4. The fourth-order valence-corrected chi connectivity index (χ4v) is 1.38. The maximum Gasteiger partial charge on any atom is 0.311 e. The van der Waals surface area contributed by atoms with E-state index in [0.717, 1.165) is 5.82 Å². The number of hydrogen-bond donors (Lipinski definition) is 3. The molecule has 0 radical (unpaired) electrons. The Balaban J connectivity index is 1.94. The highest BCUT2D eigenvalue weighted by molar-refractivity contribution is 5.57. The molecular weight excluding hydrogens is 238 g/mol. The summed E-state index contributed by atoms with van der Waals surface area (Å²) in [6.45, 7) is 0.569. The molecule has 0 spiro atoms. The van der Waals surface area contributed by atoms with Gasteiger partial charge in [-0.25, -0.2) is 9.97 Å². The van der Waals surface area contributed by atoms with E-state index in [1.807, 2.05) is 0 Å². The maximum atomic E-state index is 10.5. The summed E-state index contributed by atoms with van der Waals surface area (Å²) in [4.78, 5) is 17.8. The zero-order valence-corrected chi connectivity index (χ0v) is 9.33. The average molecular weight is 249 g/mol. The van der Waals surface area contributed by atoms with Crippen molar-refractivity contribution < 1.29 is 4.92 Å². The van der Waals surface area contributed by atoms with E-state index in [1.54, 1.807) is 0 Å². The van der Waals surface area contributed by atoms with Crippen molar-refractivity contribution in [1.29, 1.82) is 0 Å². The fraction of sp³-hybridized carbons (Fsp3) is 0.222. The second-order valence-corrected chi connectivity index (χ2v) is 3.47. The molecule has 0 unspecified atom stereocenters. The molecule has 0 aliphatic rings. The summed E-state index contributed by atoms with van der Waals surface area (Å²) in [6.07, 6.45) is 2.07. The van der Waals surface area contributed by atoms with Crippen LogP contribution in [-0.4, -0.2) is 31.6 Å². The van der Waals surface area contributed by atoms with Crippen LogP contribution in [0.5, 0.6) is 0 Å². The molecular formula is C9H11N7O2. The third kappa shape index (κ3) is 2.70. The highest BCUT2D eigenvalue weighted by atomic mass is 16.6. The summed E-state index contributed by atoms with van der Waals surface area (Å²) in [5.41, 5.74) is 5.27. The van der Waals surface area contributed by atoms with Gasteiger partial charge in [0.15, 0.2) is 0 Å². The van der Waals surface area contributed by atoms with Crippen LogP contribution < -0.4 is 11.1 Å². The van der Waals surface area contributed by atoms with Crippen LogP contribution in [0.25, 0.3) is 0 Å². The van der Waals surface area contributed by atoms with E-state index in [9.17, 15) is 10.1 Å². The smallest absolute Gasteiger partial charge is 0.311 e. The number of pyridine rings is 1. The number of aromatic nitrogens is 4. The molecule has 2 rings (SSSR count). The molecule has 0 saturated heterocycles. The minimum Gasteiger partial charge on any atom is -0.378 e. The van der Waals surface area contributed by atoms with Gasteiger partial charge in [0.2, 0.25) is 5.82 Å². The van der Waals surface area contributed by atoms with Crippen LogP contribution in [0.15, 0.2) is 18.5 Å². The van der Waals surface area contributed by atoms with Crippen LogP contribution in [0.3, 0.4) is 0 Å². The van der Waals surface area contributed by atoms with Crippen molar-refractivity contribution in [2.75, 3.05) is 17.6 Å². The molecule has 94 valence electrons. The lowest BCUT2D eigenvalue weighted by molar-refractivity contribution is -0.384. The zero-order chi connectivity index (χ0) is 13.0. The van der Waals surface area contributed by atoms with Gasteiger partial charge < -0.3 is 11.1 Å². The SMILES string of the molecule is Nc1nc(NCCc2ncn[nH]2)ccc1[N+](=O)[O-]. The normalized spacial score (nSPS) is 10.2. The topological polar surface area (TPSA) is 136 Å². The Bertz CT molecular complexity index is 540. The Labute approximate surface area is 102 Å². The molecule has 9 heteroatoms. The monoisotopic (exact) mass is 249 g/mol. The number of nitrogens with one attached hydrogen (secondary N) is 2. The van der Waals surface area contributed by atoms with E-state index >= 15 is 0 Å². The number of rotatable bonds is 5. The number of H-pyrrole nitrogens is 1.